The first-order chi connectivity index (χ1) is 18.7. The maximum absolute atomic E-state index is 13.8. The van der Waals surface area contributed by atoms with Crippen LogP contribution in [0.5, 0.6) is 11.5 Å². The number of carbonyl (C=O) groups is 2. The Balaban J connectivity index is 1.93. The Bertz CT molecular complexity index is 1230. The van der Waals surface area contributed by atoms with Crippen LogP contribution in [-0.2, 0) is 22.6 Å². The first-order valence-corrected chi connectivity index (χ1v) is 14.2. The third-order valence-corrected chi connectivity index (χ3v) is 7.35. The fourth-order valence-corrected chi connectivity index (χ4v) is 4.69. The zero-order chi connectivity index (χ0) is 28.4. The van der Waals surface area contributed by atoms with E-state index in [1.165, 1.54) is 5.56 Å². The van der Waals surface area contributed by atoms with Crippen LogP contribution < -0.4 is 14.8 Å². The molecule has 0 aliphatic heterocycles. The maximum atomic E-state index is 13.8. The molecule has 0 fully saturated rings. The highest BCUT2D eigenvalue weighted by molar-refractivity contribution is 9.10. The van der Waals surface area contributed by atoms with Gasteiger partial charge in [0.1, 0.15) is 17.5 Å². The molecule has 3 aromatic rings. The Kier molecular flexibility index (Phi) is 11.4. The number of rotatable bonds is 13. The Labute approximate surface area is 240 Å². The Morgan fingerprint density at radius 2 is 1.67 bits per heavy atom. The van der Waals surface area contributed by atoms with E-state index in [2.05, 4.69) is 35.1 Å². The lowest BCUT2D eigenvalue weighted by Gasteiger charge is -2.32. The van der Waals surface area contributed by atoms with Gasteiger partial charge < -0.3 is 19.7 Å². The van der Waals surface area contributed by atoms with Crippen LogP contribution >= 0.6 is 15.9 Å². The molecule has 208 valence electrons. The molecular weight excluding hydrogens is 556 g/mol. The molecule has 3 aromatic carbocycles. The molecule has 0 radical (unpaired) electrons. The monoisotopic (exact) mass is 594 g/mol. The number of nitrogens with zero attached hydrogens (tertiary/aromatic N) is 1. The highest BCUT2D eigenvalue weighted by atomic mass is 79.9. The highest BCUT2D eigenvalue weighted by Gasteiger charge is 2.31. The van der Waals surface area contributed by atoms with E-state index < -0.39 is 6.04 Å². The zero-order valence-corrected chi connectivity index (χ0v) is 25.0. The third-order valence-electron chi connectivity index (χ3n) is 6.73. The van der Waals surface area contributed by atoms with Crippen molar-refractivity contribution >= 4 is 27.7 Å². The quantitative estimate of drug-likeness (QED) is 0.245. The number of halogens is 1. The molecule has 0 saturated heterocycles. The topological polar surface area (TPSA) is 67.9 Å². The van der Waals surface area contributed by atoms with Crippen molar-refractivity contribution in [3.8, 4) is 11.5 Å². The lowest BCUT2D eigenvalue weighted by molar-refractivity contribution is -0.143. The summed E-state index contributed by atoms with van der Waals surface area (Å²) in [6, 6.07) is 22.4. The van der Waals surface area contributed by atoms with Crippen LogP contribution in [-0.4, -0.2) is 42.5 Å². The van der Waals surface area contributed by atoms with Crippen LogP contribution in [0.25, 0.3) is 0 Å². The van der Waals surface area contributed by atoms with Crippen LogP contribution in [0.3, 0.4) is 0 Å². The number of carbonyl (C=O) groups excluding carboxylic acids is 2. The Hall–Kier alpha value is -3.32. The second kappa shape index (κ2) is 14.7. The molecule has 2 amide bonds. The molecule has 0 heterocycles. The molecule has 1 N–H and O–H groups in total. The van der Waals surface area contributed by atoms with Crippen LogP contribution in [0, 0.1) is 0 Å². The van der Waals surface area contributed by atoms with Crippen LogP contribution in [0.2, 0.25) is 0 Å². The summed E-state index contributed by atoms with van der Waals surface area (Å²) in [6.45, 7) is 8.27. The highest BCUT2D eigenvalue weighted by Crippen LogP contribution is 2.29. The standard InChI is InChI=1S/C32H39BrN2O4/c1-6-23(4)34-32(37)29(18-24-11-8-7-9-12-24)35(20-25-13-10-14-27(17-25)38-5)31(36)21-39-30-16-15-26(22(2)3)19-28(30)33/h7-17,19,22-23,29H,6,18,20-21H2,1-5H3,(H,34,37). The summed E-state index contributed by atoms with van der Waals surface area (Å²) in [5.74, 6) is 1.18. The molecule has 0 spiro atoms. The summed E-state index contributed by atoms with van der Waals surface area (Å²) >= 11 is 3.58. The molecule has 0 aliphatic carbocycles. The van der Waals surface area contributed by atoms with Crippen molar-refractivity contribution in [1.29, 1.82) is 0 Å². The van der Waals surface area contributed by atoms with Gasteiger partial charge in [-0.25, -0.2) is 0 Å². The SMILES string of the molecule is CCC(C)NC(=O)C(Cc1ccccc1)N(Cc1cccc(OC)c1)C(=O)COc1ccc(C(C)C)cc1Br. The molecule has 2 unspecified atom stereocenters. The lowest BCUT2D eigenvalue weighted by atomic mass is 10.0. The number of amides is 2. The fraction of sp³-hybridized carbons (Fsp3) is 0.375. The number of nitrogens with one attached hydrogen (secondary N) is 1. The van der Waals surface area contributed by atoms with Gasteiger partial charge in [0, 0.05) is 19.0 Å². The van der Waals surface area contributed by atoms with Crippen molar-refractivity contribution in [3.05, 3.63) is 94.0 Å². The van der Waals surface area contributed by atoms with Gasteiger partial charge in [-0.3, -0.25) is 9.59 Å². The summed E-state index contributed by atoms with van der Waals surface area (Å²) in [7, 11) is 1.61. The predicted molar refractivity (Wildman–Crippen MR) is 159 cm³/mol. The normalized spacial score (nSPS) is 12.5. The van der Waals surface area contributed by atoms with Gasteiger partial charge in [0.15, 0.2) is 6.61 Å². The van der Waals surface area contributed by atoms with Crippen LogP contribution in [0.15, 0.2) is 77.3 Å². The van der Waals surface area contributed by atoms with Gasteiger partial charge >= 0.3 is 0 Å². The minimum atomic E-state index is -0.726. The van der Waals surface area contributed by atoms with Crippen LogP contribution in [0.1, 0.15) is 56.7 Å². The number of hydrogen-bond acceptors (Lipinski definition) is 4. The molecule has 2 atom stereocenters. The van der Waals surface area contributed by atoms with Gasteiger partial charge in [0.05, 0.1) is 11.6 Å². The minimum Gasteiger partial charge on any atom is -0.497 e. The molecule has 0 saturated carbocycles. The lowest BCUT2D eigenvalue weighted by Crippen LogP contribution is -2.53. The van der Waals surface area contributed by atoms with Gasteiger partial charge in [-0.2, -0.15) is 0 Å². The minimum absolute atomic E-state index is 0.0174. The molecule has 7 heteroatoms. The summed E-state index contributed by atoms with van der Waals surface area (Å²) < 4.78 is 12.2. The van der Waals surface area contributed by atoms with Crippen molar-refractivity contribution in [2.75, 3.05) is 13.7 Å². The molecule has 3 rings (SSSR count). The molecule has 0 aliphatic rings. The van der Waals surface area contributed by atoms with Crippen molar-refractivity contribution in [2.24, 2.45) is 0 Å². The fourth-order valence-electron chi connectivity index (χ4n) is 4.18. The first-order valence-electron chi connectivity index (χ1n) is 13.4. The molecular formula is C32H39BrN2O4. The first kappa shape index (κ1) is 30.2. The second-order valence-corrected chi connectivity index (χ2v) is 10.9. The molecule has 6 nitrogen and oxygen atoms in total. The molecule has 39 heavy (non-hydrogen) atoms. The number of benzene rings is 3. The smallest absolute Gasteiger partial charge is 0.261 e. The summed E-state index contributed by atoms with van der Waals surface area (Å²) in [4.78, 5) is 29.1. The van der Waals surface area contributed by atoms with Crippen molar-refractivity contribution < 1.29 is 19.1 Å². The molecule has 0 bridgehead atoms. The van der Waals surface area contributed by atoms with Gasteiger partial charge in [-0.1, -0.05) is 69.3 Å². The Morgan fingerprint density at radius 1 is 0.949 bits per heavy atom. The summed E-state index contributed by atoms with van der Waals surface area (Å²) in [5, 5.41) is 3.09. The van der Waals surface area contributed by atoms with E-state index in [1.807, 2.05) is 86.6 Å². The van der Waals surface area contributed by atoms with E-state index in [4.69, 9.17) is 9.47 Å². The number of methoxy groups -OCH3 is 1. The number of hydrogen-bond donors (Lipinski definition) is 1. The Morgan fingerprint density at radius 3 is 2.31 bits per heavy atom. The van der Waals surface area contributed by atoms with Crippen molar-refractivity contribution in [1.82, 2.24) is 10.2 Å². The van der Waals surface area contributed by atoms with Gasteiger partial charge in [0.25, 0.3) is 5.91 Å². The second-order valence-electron chi connectivity index (χ2n) is 10.0. The van der Waals surface area contributed by atoms with E-state index in [0.717, 1.165) is 22.0 Å². The average molecular weight is 596 g/mol. The van der Waals surface area contributed by atoms with Crippen molar-refractivity contribution in [3.63, 3.8) is 0 Å². The summed E-state index contributed by atoms with van der Waals surface area (Å²) in [6.07, 6.45) is 1.17. The van der Waals surface area contributed by atoms with Gasteiger partial charge in [-0.05, 0) is 76.1 Å². The number of ether oxygens (including phenoxy) is 2. The predicted octanol–water partition coefficient (Wildman–Crippen LogP) is 6.51. The van der Waals surface area contributed by atoms with E-state index >= 15 is 0 Å². The molecule has 0 aromatic heterocycles. The van der Waals surface area contributed by atoms with Gasteiger partial charge in [0.2, 0.25) is 5.91 Å². The third kappa shape index (κ3) is 8.85. The van der Waals surface area contributed by atoms with E-state index in [0.29, 0.717) is 23.8 Å². The maximum Gasteiger partial charge on any atom is 0.261 e. The average Bonchev–Trinajstić information content (AvgIpc) is 2.94. The van der Waals surface area contributed by atoms with Crippen molar-refractivity contribution in [2.45, 2.75) is 65.1 Å². The van der Waals surface area contributed by atoms with Gasteiger partial charge in [-0.15, -0.1) is 0 Å². The van der Waals surface area contributed by atoms with E-state index in [-0.39, 0.29) is 31.0 Å². The van der Waals surface area contributed by atoms with Crippen LogP contribution in [0.4, 0.5) is 0 Å². The zero-order valence-electron chi connectivity index (χ0n) is 23.4. The summed E-state index contributed by atoms with van der Waals surface area (Å²) in [5.41, 5.74) is 3.00. The van der Waals surface area contributed by atoms with E-state index in [1.54, 1.807) is 12.0 Å². The van der Waals surface area contributed by atoms with E-state index in [9.17, 15) is 9.59 Å². The largest absolute Gasteiger partial charge is 0.497 e.